The maximum absolute atomic E-state index is 12.3. The first-order valence-corrected chi connectivity index (χ1v) is 6.44. The molecular weight excluding hydrogens is 244 g/mol. The smallest absolute Gasteiger partial charge is 0.272 e. The van der Waals surface area contributed by atoms with Crippen LogP contribution in [0.2, 0.25) is 0 Å². The van der Waals surface area contributed by atoms with Crippen LogP contribution in [0, 0.1) is 23.0 Å². The molecule has 2 rings (SSSR count). The fourth-order valence-corrected chi connectivity index (χ4v) is 2.28. The first-order chi connectivity index (χ1) is 8.91. The second-order valence-corrected chi connectivity index (χ2v) is 5.25. The predicted molar refractivity (Wildman–Crippen MR) is 72.1 cm³/mol. The van der Waals surface area contributed by atoms with Crippen molar-refractivity contribution in [2.24, 2.45) is 5.92 Å². The molecule has 1 unspecified atom stereocenters. The van der Waals surface area contributed by atoms with E-state index in [9.17, 15) is 14.9 Å². The maximum atomic E-state index is 12.3. The number of hydrogen-bond donors (Lipinski definition) is 0. The molecule has 1 amide bonds. The third-order valence-electron chi connectivity index (χ3n) is 3.88. The van der Waals surface area contributed by atoms with Gasteiger partial charge >= 0.3 is 0 Å². The van der Waals surface area contributed by atoms with Crippen LogP contribution < -0.4 is 0 Å². The van der Waals surface area contributed by atoms with Crippen LogP contribution in [0.1, 0.15) is 35.7 Å². The highest BCUT2D eigenvalue weighted by Crippen LogP contribution is 2.35. The molecule has 1 atom stereocenters. The summed E-state index contributed by atoms with van der Waals surface area (Å²) in [4.78, 5) is 24.4. The molecule has 1 fully saturated rings. The van der Waals surface area contributed by atoms with E-state index in [4.69, 9.17) is 0 Å². The van der Waals surface area contributed by atoms with Crippen molar-refractivity contribution in [3.8, 4) is 0 Å². The molecule has 0 aliphatic heterocycles. The van der Waals surface area contributed by atoms with Gasteiger partial charge in [-0.2, -0.15) is 0 Å². The topological polar surface area (TPSA) is 63.5 Å². The molecule has 0 bridgehead atoms. The average molecular weight is 262 g/mol. The van der Waals surface area contributed by atoms with Crippen molar-refractivity contribution in [1.29, 1.82) is 0 Å². The highest BCUT2D eigenvalue weighted by Gasteiger charge is 2.32. The van der Waals surface area contributed by atoms with Gasteiger partial charge in [-0.15, -0.1) is 0 Å². The van der Waals surface area contributed by atoms with Crippen LogP contribution in [-0.2, 0) is 0 Å². The van der Waals surface area contributed by atoms with Crippen LogP contribution in [-0.4, -0.2) is 28.8 Å². The van der Waals surface area contributed by atoms with E-state index in [1.54, 1.807) is 24.9 Å². The summed E-state index contributed by atoms with van der Waals surface area (Å²) < 4.78 is 0. The minimum Gasteiger partial charge on any atom is -0.339 e. The fourth-order valence-electron chi connectivity index (χ4n) is 2.28. The van der Waals surface area contributed by atoms with Crippen LogP contribution in [0.25, 0.3) is 0 Å². The monoisotopic (exact) mass is 262 g/mol. The van der Waals surface area contributed by atoms with Gasteiger partial charge in [0, 0.05) is 30.3 Å². The summed E-state index contributed by atoms with van der Waals surface area (Å²) in [6.45, 7) is 3.70. The molecule has 102 valence electrons. The molecule has 0 N–H and O–H groups in total. The second-order valence-electron chi connectivity index (χ2n) is 5.25. The molecule has 0 aromatic heterocycles. The van der Waals surface area contributed by atoms with Crippen LogP contribution in [0.5, 0.6) is 0 Å². The van der Waals surface area contributed by atoms with Crippen molar-refractivity contribution in [3.63, 3.8) is 0 Å². The number of benzene rings is 1. The molecule has 1 aromatic rings. The summed E-state index contributed by atoms with van der Waals surface area (Å²) in [5.74, 6) is 0.533. The zero-order valence-corrected chi connectivity index (χ0v) is 11.4. The highest BCUT2D eigenvalue weighted by atomic mass is 16.6. The van der Waals surface area contributed by atoms with E-state index in [1.807, 2.05) is 6.92 Å². The first kappa shape index (κ1) is 13.5. The standard InChI is InChI=1S/C14H18N2O3/c1-9-8-12(6-7-13(9)16(18)19)14(17)15(3)10(2)11-4-5-11/h6-8,10-11H,4-5H2,1-3H3. The van der Waals surface area contributed by atoms with E-state index >= 15 is 0 Å². The minimum atomic E-state index is -0.430. The summed E-state index contributed by atoms with van der Waals surface area (Å²) in [6.07, 6.45) is 2.36. The van der Waals surface area contributed by atoms with E-state index in [2.05, 4.69) is 0 Å². The van der Waals surface area contributed by atoms with Crippen molar-refractivity contribution in [2.45, 2.75) is 32.7 Å². The van der Waals surface area contributed by atoms with Gasteiger partial charge in [-0.05, 0) is 44.7 Å². The number of amides is 1. The van der Waals surface area contributed by atoms with E-state index in [0.717, 1.165) is 0 Å². The molecule has 0 heterocycles. The Hall–Kier alpha value is -1.91. The number of carbonyl (C=O) groups is 1. The molecule has 0 spiro atoms. The van der Waals surface area contributed by atoms with Gasteiger partial charge in [0.05, 0.1) is 4.92 Å². The Balaban J connectivity index is 2.19. The van der Waals surface area contributed by atoms with Crippen LogP contribution in [0.4, 0.5) is 5.69 Å². The zero-order valence-electron chi connectivity index (χ0n) is 11.4. The van der Waals surface area contributed by atoms with Crippen molar-refractivity contribution in [3.05, 3.63) is 39.4 Å². The predicted octanol–water partition coefficient (Wildman–Crippen LogP) is 2.77. The lowest BCUT2D eigenvalue weighted by molar-refractivity contribution is -0.385. The van der Waals surface area contributed by atoms with Gasteiger partial charge in [0.15, 0.2) is 0 Å². The van der Waals surface area contributed by atoms with E-state index in [0.29, 0.717) is 17.0 Å². The number of hydrogen-bond acceptors (Lipinski definition) is 3. The molecule has 1 saturated carbocycles. The Bertz CT molecular complexity index is 523. The number of aryl methyl sites for hydroxylation is 1. The van der Waals surface area contributed by atoms with Gasteiger partial charge in [-0.1, -0.05) is 0 Å². The quantitative estimate of drug-likeness (QED) is 0.619. The van der Waals surface area contributed by atoms with Gasteiger partial charge in [-0.3, -0.25) is 14.9 Å². The lowest BCUT2D eigenvalue weighted by Crippen LogP contribution is -2.36. The highest BCUT2D eigenvalue weighted by molar-refractivity contribution is 5.94. The molecule has 0 saturated heterocycles. The molecule has 0 radical (unpaired) electrons. The van der Waals surface area contributed by atoms with Gasteiger partial charge in [-0.25, -0.2) is 0 Å². The van der Waals surface area contributed by atoms with Crippen molar-refractivity contribution in [2.75, 3.05) is 7.05 Å². The van der Waals surface area contributed by atoms with Crippen LogP contribution in [0.3, 0.4) is 0 Å². The Morgan fingerprint density at radius 1 is 1.47 bits per heavy atom. The van der Waals surface area contributed by atoms with Gasteiger partial charge in [0.1, 0.15) is 0 Å². The van der Waals surface area contributed by atoms with Gasteiger partial charge in [0.2, 0.25) is 0 Å². The van der Waals surface area contributed by atoms with Crippen molar-refractivity contribution >= 4 is 11.6 Å². The molecule has 1 aliphatic carbocycles. The SMILES string of the molecule is Cc1cc(C(=O)N(C)C(C)C2CC2)ccc1[N+](=O)[O-]. The zero-order chi connectivity index (χ0) is 14.2. The van der Waals surface area contributed by atoms with Crippen molar-refractivity contribution in [1.82, 2.24) is 4.90 Å². The third kappa shape index (κ3) is 2.75. The molecule has 1 aromatic carbocycles. The van der Waals surface area contributed by atoms with E-state index in [-0.39, 0.29) is 17.6 Å². The summed E-state index contributed by atoms with van der Waals surface area (Å²) >= 11 is 0. The Labute approximate surface area is 112 Å². The number of nitro benzene ring substituents is 1. The lowest BCUT2D eigenvalue weighted by atomic mass is 10.1. The number of carbonyl (C=O) groups excluding carboxylic acids is 1. The first-order valence-electron chi connectivity index (χ1n) is 6.44. The summed E-state index contributed by atoms with van der Waals surface area (Å²) in [7, 11) is 1.79. The molecule has 19 heavy (non-hydrogen) atoms. The molecule has 1 aliphatic rings. The Kier molecular flexibility index (Phi) is 3.55. The summed E-state index contributed by atoms with van der Waals surface area (Å²) in [6, 6.07) is 4.75. The van der Waals surface area contributed by atoms with E-state index in [1.165, 1.54) is 25.0 Å². The largest absolute Gasteiger partial charge is 0.339 e. The number of nitrogens with zero attached hydrogens (tertiary/aromatic N) is 2. The van der Waals surface area contributed by atoms with E-state index < -0.39 is 4.92 Å². The second kappa shape index (κ2) is 4.99. The number of nitro groups is 1. The van der Waals surface area contributed by atoms with Gasteiger partial charge < -0.3 is 4.90 Å². The van der Waals surface area contributed by atoms with Crippen LogP contribution >= 0.6 is 0 Å². The van der Waals surface area contributed by atoms with Crippen LogP contribution in [0.15, 0.2) is 18.2 Å². The Morgan fingerprint density at radius 3 is 2.58 bits per heavy atom. The normalized spacial score (nSPS) is 15.9. The maximum Gasteiger partial charge on any atom is 0.272 e. The summed E-state index contributed by atoms with van der Waals surface area (Å²) in [5, 5.41) is 10.8. The fraction of sp³-hybridized carbons (Fsp3) is 0.500. The Morgan fingerprint density at radius 2 is 2.11 bits per heavy atom. The summed E-state index contributed by atoms with van der Waals surface area (Å²) in [5.41, 5.74) is 1.08. The van der Waals surface area contributed by atoms with Gasteiger partial charge in [0.25, 0.3) is 11.6 Å². The average Bonchev–Trinajstić information content (AvgIpc) is 3.19. The molecule has 5 nitrogen and oxygen atoms in total. The lowest BCUT2D eigenvalue weighted by Gasteiger charge is -2.25. The van der Waals surface area contributed by atoms with Crippen molar-refractivity contribution < 1.29 is 9.72 Å². The third-order valence-corrected chi connectivity index (χ3v) is 3.88. The number of rotatable bonds is 4. The molecule has 5 heteroatoms. The molecular formula is C14H18N2O3. The minimum absolute atomic E-state index is 0.0504.